The molecule has 0 aliphatic carbocycles. The second kappa shape index (κ2) is 5.22. The molecule has 0 radical (unpaired) electrons. The summed E-state index contributed by atoms with van der Waals surface area (Å²) in [5, 5.41) is 17.2. The second-order valence-corrected chi connectivity index (χ2v) is 7.60. The van der Waals surface area contributed by atoms with Crippen LogP contribution in [0.15, 0.2) is 12.4 Å². The lowest BCUT2D eigenvalue weighted by Crippen LogP contribution is -2.46. The molecule has 1 aromatic heterocycles. The number of nitrogens with one attached hydrogen (secondary N) is 1. The minimum Gasteiger partial charge on any atom is -0.390 e. The molecule has 1 saturated heterocycles. The molecule has 0 spiro atoms. The lowest BCUT2D eigenvalue weighted by Gasteiger charge is -2.26. The molecule has 2 N–H and O–H groups in total. The van der Waals surface area contributed by atoms with Crippen LogP contribution in [0.1, 0.15) is 25.5 Å². The molecule has 0 saturated carbocycles. The van der Waals surface area contributed by atoms with E-state index in [-0.39, 0.29) is 29.6 Å². The Balaban J connectivity index is 1.99. The number of aliphatic hydroxyl groups is 1. The lowest BCUT2D eigenvalue weighted by atomic mass is 10.1. The van der Waals surface area contributed by atoms with Crippen LogP contribution >= 0.6 is 0 Å². The molecule has 7 heteroatoms. The van der Waals surface area contributed by atoms with Crippen LogP contribution in [0.25, 0.3) is 0 Å². The minimum absolute atomic E-state index is 0.00333. The van der Waals surface area contributed by atoms with Gasteiger partial charge in [0.25, 0.3) is 0 Å². The highest BCUT2D eigenvalue weighted by Crippen LogP contribution is 2.17. The van der Waals surface area contributed by atoms with E-state index in [1.165, 1.54) is 0 Å². The molecule has 19 heavy (non-hydrogen) atoms. The largest absolute Gasteiger partial charge is 0.390 e. The number of rotatable bonds is 4. The van der Waals surface area contributed by atoms with Crippen LogP contribution in [-0.4, -0.2) is 53.0 Å². The van der Waals surface area contributed by atoms with E-state index < -0.39 is 15.9 Å². The summed E-state index contributed by atoms with van der Waals surface area (Å²) in [4.78, 5) is 0. The van der Waals surface area contributed by atoms with E-state index in [0.717, 1.165) is 5.56 Å². The highest BCUT2D eigenvalue weighted by Gasteiger charge is 2.37. The zero-order valence-corrected chi connectivity index (χ0v) is 12.3. The maximum Gasteiger partial charge on any atom is 0.154 e. The molecule has 2 heterocycles. The van der Waals surface area contributed by atoms with Crippen LogP contribution in [-0.2, 0) is 9.84 Å². The van der Waals surface area contributed by atoms with Crippen molar-refractivity contribution in [2.75, 3.05) is 11.5 Å². The van der Waals surface area contributed by atoms with E-state index in [9.17, 15) is 13.5 Å². The standard InChI is InChI=1S/C12H21N3O3S/c1-8-4-13-15(5-8)10(3)9(2)14-11-6-19(17,18)7-12(11)16/h4-5,9-12,14,16H,6-7H2,1-3H3. The van der Waals surface area contributed by atoms with E-state index in [4.69, 9.17) is 0 Å². The van der Waals surface area contributed by atoms with Crippen LogP contribution in [0.3, 0.4) is 0 Å². The van der Waals surface area contributed by atoms with E-state index in [2.05, 4.69) is 10.4 Å². The SMILES string of the molecule is Cc1cnn(C(C)C(C)NC2CS(=O)(=O)CC2O)c1. The van der Waals surface area contributed by atoms with Crippen molar-refractivity contribution in [3.05, 3.63) is 18.0 Å². The summed E-state index contributed by atoms with van der Waals surface area (Å²) in [5.74, 6) is -0.143. The number of hydrogen-bond acceptors (Lipinski definition) is 5. The number of hydrogen-bond donors (Lipinski definition) is 2. The quantitative estimate of drug-likeness (QED) is 0.807. The van der Waals surface area contributed by atoms with Crippen molar-refractivity contribution in [2.45, 2.75) is 45.0 Å². The highest BCUT2D eigenvalue weighted by molar-refractivity contribution is 7.91. The molecule has 2 rings (SSSR count). The van der Waals surface area contributed by atoms with Gasteiger partial charge >= 0.3 is 0 Å². The van der Waals surface area contributed by atoms with Crippen molar-refractivity contribution in [2.24, 2.45) is 0 Å². The van der Waals surface area contributed by atoms with Gasteiger partial charge in [0, 0.05) is 18.3 Å². The van der Waals surface area contributed by atoms with Gasteiger partial charge < -0.3 is 10.4 Å². The third kappa shape index (κ3) is 3.34. The lowest BCUT2D eigenvalue weighted by molar-refractivity contribution is 0.154. The fourth-order valence-corrected chi connectivity index (χ4v) is 4.10. The number of sulfone groups is 1. The first kappa shape index (κ1) is 14.5. The zero-order chi connectivity index (χ0) is 14.2. The molecule has 0 bridgehead atoms. The van der Waals surface area contributed by atoms with Gasteiger partial charge in [0.05, 0.1) is 29.8 Å². The first-order valence-electron chi connectivity index (χ1n) is 6.44. The third-order valence-corrected chi connectivity index (χ3v) is 5.39. The fourth-order valence-electron chi connectivity index (χ4n) is 2.35. The van der Waals surface area contributed by atoms with Crippen LogP contribution < -0.4 is 5.32 Å². The summed E-state index contributed by atoms with van der Waals surface area (Å²) in [6.45, 7) is 5.96. The second-order valence-electron chi connectivity index (χ2n) is 5.44. The molecule has 4 atom stereocenters. The van der Waals surface area contributed by atoms with Gasteiger partial charge in [0.1, 0.15) is 0 Å². The smallest absolute Gasteiger partial charge is 0.154 e. The Morgan fingerprint density at radius 2 is 2.16 bits per heavy atom. The summed E-state index contributed by atoms with van der Waals surface area (Å²) in [7, 11) is -3.11. The van der Waals surface area contributed by atoms with Crippen molar-refractivity contribution < 1.29 is 13.5 Å². The molecule has 108 valence electrons. The maximum atomic E-state index is 11.5. The Morgan fingerprint density at radius 1 is 1.47 bits per heavy atom. The number of nitrogens with zero attached hydrogens (tertiary/aromatic N) is 2. The van der Waals surface area contributed by atoms with Gasteiger partial charge in [-0.1, -0.05) is 0 Å². The molecular weight excluding hydrogens is 266 g/mol. The number of aromatic nitrogens is 2. The normalized spacial score (nSPS) is 29.3. The average molecular weight is 287 g/mol. The molecule has 4 unspecified atom stereocenters. The van der Waals surface area contributed by atoms with Crippen LogP contribution in [0.5, 0.6) is 0 Å². The molecule has 6 nitrogen and oxygen atoms in total. The Morgan fingerprint density at radius 3 is 2.63 bits per heavy atom. The Hall–Kier alpha value is -0.920. The van der Waals surface area contributed by atoms with Crippen LogP contribution in [0, 0.1) is 6.92 Å². The van der Waals surface area contributed by atoms with Gasteiger partial charge in [-0.3, -0.25) is 4.68 Å². The van der Waals surface area contributed by atoms with Crippen LogP contribution in [0.2, 0.25) is 0 Å². The average Bonchev–Trinajstić information content (AvgIpc) is 2.82. The monoisotopic (exact) mass is 287 g/mol. The van der Waals surface area contributed by atoms with Gasteiger partial charge in [-0.25, -0.2) is 8.42 Å². The fraction of sp³-hybridized carbons (Fsp3) is 0.750. The van der Waals surface area contributed by atoms with Gasteiger partial charge in [-0.15, -0.1) is 0 Å². The summed E-state index contributed by atoms with van der Waals surface area (Å²) < 4.78 is 24.8. The van der Waals surface area contributed by atoms with Crippen LogP contribution in [0.4, 0.5) is 0 Å². The Labute approximate surface area is 113 Å². The van der Waals surface area contributed by atoms with E-state index in [0.29, 0.717) is 0 Å². The topological polar surface area (TPSA) is 84.2 Å². The maximum absolute atomic E-state index is 11.5. The predicted molar refractivity (Wildman–Crippen MR) is 72.7 cm³/mol. The minimum atomic E-state index is -3.11. The predicted octanol–water partition coefficient (Wildman–Crippen LogP) is -0.111. The first-order chi connectivity index (χ1) is 8.78. The summed E-state index contributed by atoms with van der Waals surface area (Å²) >= 11 is 0. The third-order valence-electron chi connectivity index (χ3n) is 3.67. The highest BCUT2D eigenvalue weighted by atomic mass is 32.2. The van der Waals surface area contributed by atoms with E-state index in [1.54, 1.807) is 6.20 Å². The summed E-state index contributed by atoms with van der Waals surface area (Å²) in [6.07, 6.45) is 2.92. The van der Waals surface area contributed by atoms with Crippen molar-refractivity contribution in [3.63, 3.8) is 0 Å². The molecule has 1 aromatic rings. The molecule has 1 aliphatic rings. The van der Waals surface area contributed by atoms with E-state index in [1.807, 2.05) is 31.6 Å². The Bertz CT molecular complexity index is 540. The van der Waals surface area contributed by atoms with Crippen molar-refractivity contribution in [1.29, 1.82) is 0 Å². The van der Waals surface area contributed by atoms with Crippen molar-refractivity contribution in [1.82, 2.24) is 15.1 Å². The first-order valence-corrected chi connectivity index (χ1v) is 8.26. The Kier molecular flexibility index (Phi) is 3.98. The molecule has 0 amide bonds. The molecule has 0 aromatic carbocycles. The van der Waals surface area contributed by atoms with Crippen molar-refractivity contribution in [3.8, 4) is 0 Å². The molecular formula is C12H21N3O3S. The van der Waals surface area contributed by atoms with Crippen molar-refractivity contribution >= 4 is 9.84 Å². The molecule has 1 aliphatic heterocycles. The van der Waals surface area contributed by atoms with Gasteiger partial charge in [-0.2, -0.15) is 5.10 Å². The summed E-state index contributed by atoms with van der Waals surface area (Å²) in [5.41, 5.74) is 1.09. The van der Waals surface area contributed by atoms with E-state index >= 15 is 0 Å². The molecule has 1 fully saturated rings. The zero-order valence-electron chi connectivity index (χ0n) is 11.4. The number of aliphatic hydroxyl groups excluding tert-OH is 1. The van der Waals surface area contributed by atoms with Gasteiger partial charge in [-0.05, 0) is 26.3 Å². The number of aryl methyl sites for hydroxylation is 1. The van der Waals surface area contributed by atoms with Gasteiger partial charge in [0.15, 0.2) is 9.84 Å². The van der Waals surface area contributed by atoms with Gasteiger partial charge in [0.2, 0.25) is 0 Å². The summed E-state index contributed by atoms with van der Waals surface area (Å²) in [6, 6.07) is -0.282.